The van der Waals surface area contributed by atoms with Gasteiger partial charge in [0, 0.05) is 30.8 Å². The first-order valence-electron chi connectivity index (χ1n) is 6.49. The van der Waals surface area contributed by atoms with Crippen LogP contribution >= 0.6 is 11.6 Å². The SMILES string of the molecule is CNCc1ccc(N(C)Cc2cccc(F)c2)cc1Cl. The zero-order valence-electron chi connectivity index (χ0n) is 11.7. The molecular formula is C16H18ClFN2. The molecule has 0 aliphatic heterocycles. The highest BCUT2D eigenvalue weighted by Gasteiger charge is 2.06. The van der Waals surface area contributed by atoms with Crippen LogP contribution in [0.4, 0.5) is 10.1 Å². The van der Waals surface area contributed by atoms with Crippen molar-refractivity contribution in [1.29, 1.82) is 0 Å². The van der Waals surface area contributed by atoms with Crippen molar-refractivity contribution in [2.45, 2.75) is 13.1 Å². The van der Waals surface area contributed by atoms with Gasteiger partial charge in [-0.05, 0) is 42.4 Å². The van der Waals surface area contributed by atoms with Crippen LogP contribution in [-0.4, -0.2) is 14.1 Å². The fraction of sp³-hybridized carbons (Fsp3) is 0.250. The largest absolute Gasteiger partial charge is 0.370 e. The lowest BCUT2D eigenvalue weighted by atomic mass is 10.1. The van der Waals surface area contributed by atoms with E-state index in [1.165, 1.54) is 6.07 Å². The highest BCUT2D eigenvalue weighted by Crippen LogP contribution is 2.24. The minimum atomic E-state index is -0.210. The molecule has 1 N–H and O–H groups in total. The molecule has 0 amide bonds. The fourth-order valence-corrected chi connectivity index (χ4v) is 2.35. The number of hydrogen-bond donors (Lipinski definition) is 1. The summed E-state index contributed by atoms with van der Waals surface area (Å²) in [4.78, 5) is 2.05. The van der Waals surface area contributed by atoms with E-state index in [0.717, 1.165) is 28.4 Å². The molecule has 0 aliphatic carbocycles. The van der Waals surface area contributed by atoms with Crippen LogP contribution in [0.5, 0.6) is 0 Å². The van der Waals surface area contributed by atoms with Crippen molar-refractivity contribution in [2.75, 3.05) is 19.0 Å². The Labute approximate surface area is 124 Å². The van der Waals surface area contributed by atoms with Gasteiger partial charge in [0.25, 0.3) is 0 Å². The van der Waals surface area contributed by atoms with Crippen molar-refractivity contribution in [3.8, 4) is 0 Å². The van der Waals surface area contributed by atoms with Crippen molar-refractivity contribution < 1.29 is 4.39 Å². The summed E-state index contributed by atoms with van der Waals surface area (Å²) in [6.07, 6.45) is 0. The van der Waals surface area contributed by atoms with Crippen LogP contribution in [0, 0.1) is 5.82 Å². The molecule has 0 saturated heterocycles. The summed E-state index contributed by atoms with van der Waals surface area (Å²) in [6.45, 7) is 1.38. The van der Waals surface area contributed by atoms with Gasteiger partial charge in [-0.15, -0.1) is 0 Å². The smallest absolute Gasteiger partial charge is 0.123 e. The first-order valence-corrected chi connectivity index (χ1v) is 6.86. The lowest BCUT2D eigenvalue weighted by Gasteiger charge is -2.20. The summed E-state index contributed by atoms with van der Waals surface area (Å²) < 4.78 is 13.2. The summed E-state index contributed by atoms with van der Waals surface area (Å²) in [5, 5.41) is 3.82. The molecule has 0 radical (unpaired) electrons. The Bertz CT molecular complexity index is 586. The van der Waals surface area contributed by atoms with Gasteiger partial charge in [-0.25, -0.2) is 4.39 Å². The molecule has 0 saturated carbocycles. The highest BCUT2D eigenvalue weighted by molar-refractivity contribution is 6.31. The van der Waals surface area contributed by atoms with Gasteiger partial charge in [-0.1, -0.05) is 29.8 Å². The Kier molecular flexibility index (Phi) is 4.99. The number of nitrogens with zero attached hydrogens (tertiary/aromatic N) is 1. The number of nitrogens with one attached hydrogen (secondary N) is 1. The zero-order chi connectivity index (χ0) is 14.5. The van der Waals surface area contributed by atoms with Crippen LogP contribution in [0.2, 0.25) is 5.02 Å². The minimum Gasteiger partial charge on any atom is -0.370 e. The second-order valence-corrected chi connectivity index (χ2v) is 5.20. The maximum atomic E-state index is 13.2. The monoisotopic (exact) mass is 292 g/mol. The van der Waals surface area contributed by atoms with E-state index in [2.05, 4.69) is 5.32 Å². The molecule has 20 heavy (non-hydrogen) atoms. The normalized spacial score (nSPS) is 10.6. The topological polar surface area (TPSA) is 15.3 Å². The lowest BCUT2D eigenvalue weighted by molar-refractivity contribution is 0.625. The van der Waals surface area contributed by atoms with Gasteiger partial charge in [0.15, 0.2) is 0 Å². The summed E-state index contributed by atoms with van der Waals surface area (Å²) >= 11 is 6.25. The van der Waals surface area contributed by atoms with E-state index in [9.17, 15) is 4.39 Å². The second kappa shape index (κ2) is 6.73. The third kappa shape index (κ3) is 3.71. The van der Waals surface area contributed by atoms with Crippen LogP contribution in [0.1, 0.15) is 11.1 Å². The summed E-state index contributed by atoms with van der Waals surface area (Å²) in [5.74, 6) is -0.210. The van der Waals surface area contributed by atoms with Gasteiger partial charge in [0.2, 0.25) is 0 Å². The Morgan fingerprint density at radius 3 is 2.65 bits per heavy atom. The van der Waals surface area contributed by atoms with Crippen molar-refractivity contribution >= 4 is 17.3 Å². The number of halogens is 2. The molecule has 2 aromatic carbocycles. The molecule has 0 spiro atoms. The van der Waals surface area contributed by atoms with Crippen molar-refractivity contribution in [1.82, 2.24) is 5.32 Å². The maximum absolute atomic E-state index is 13.2. The highest BCUT2D eigenvalue weighted by atomic mass is 35.5. The van der Waals surface area contributed by atoms with Gasteiger partial charge in [-0.3, -0.25) is 0 Å². The first kappa shape index (κ1) is 14.8. The van der Waals surface area contributed by atoms with E-state index in [1.54, 1.807) is 12.1 Å². The molecule has 106 valence electrons. The minimum absolute atomic E-state index is 0.210. The molecule has 2 rings (SSSR count). The average molecular weight is 293 g/mol. The molecule has 4 heteroatoms. The molecule has 0 fully saturated rings. The summed E-state index contributed by atoms with van der Waals surface area (Å²) in [6, 6.07) is 12.6. The molecule has 0 aromatic heterocycles. The van der Waals surface area contributed by atoms with E-state index in [0.29, 0.717) is 6.54 Å². The van der Waals surface area contributed by atoms with Crippen LogP contribution in [0.25, 0.3) is 0 Å². The van der Waals surface area contributed by atoms with Gasteiger partial charge >= 0.3 is 0 Å². The van der Waals surface area contributed by atoms with Crippen molar-refractivity contribution in [2.24, 2.45) is 0 Å². The van der Waals surface area contributed by atoms with Crippen LogP contribution in [0.15, 0.2) is 42.5 Å². The maximum Gasteiger partial charge on any atom is 0.123 e. The van der Waals surface area contributed by atoms with Crippen molar-refractivity contribution in [3.63, 3.8) is 0 Å². The predicted octanol–water partition coefficient (Wildman–Crippen LogP) is 3.83. The molecule has 0 heterocycles. The van der Waals surface area contributed by atoms with E-state index in [4.69, 9.17) is 11.6 Å². The van der Waals surface area contributed by atoms with Gasteiger partial charge in [-0.2, -0.15) is 0 Å². The molecule has 0 unspecified atom stereocenters. The molecule has 2 aromatic rings. The van der Waals surface area contributed by atoms with Crippen LogP contribution in [-0.2, 0) is 13.1 Å². The molecular weight excluding hydrogens is 275 g/mol. The van der Waals surface area contributed by atoms with E-state index in [-0.39, 0.29) is 5.82 Å². The Balaban J connectivity index is 2.13. The average Bonchev–Trinajstić information content (AvgIpc) is 2.41. The van der Waals surface area contributed by atoms with Gasteiger partial charge < -0.3 is 10.2 Å². The molecule has 0 aliphatic rings. The summed E-state index contributed by atoms with van der Waals surface area (Å²) in [5.41, 5.74) is 3.01. The third-order valence-corrected chi connectivity index (χ3v) is 3.51. The van der Waals surface area contributed by atoms with E-state index in [1.807, 2.05) is 43.3 Å². The van der Waals surface area contributed by atoms with Crippen LogP contribution in [0.3, 0.4) is 0 Å². The third-order valence-electron chi connectivity index (χ3n) is 3.15. The molecule has 2 nitrogen and oxygen atoms in total. The first-order chi connectivity index (χ1) is 9.60. The Hall–Kier alpha value is -1.58. The van der Waals surface area contributed by atoms with Crippen molar-refractivity contribution in [3.05, 3.63) is 64.4 Å². The fourth-order valence-electron chi connectivity index (χ4n) is 2.11. The van der Waals surface area contributed by atoms with Crippen LogP contribution < -0.4 is 10.2 Å². The number of anilines is 1. The number of hydrogen-bond acceptors (Lipinski definition) is 2. The van der Waals surface area contributed by atoms with Gasteiger partial charge in [0.05, 0.1) is 0 Å². The molecule has 0 bridgehead atoms. The standard InChI is InChI=1S/C16H18ClFN2/c1-19-10-13-6-7-15(9-16(13)17)20(2)11-12-4-3-5-14(18)8-12/h3-9,19H,10-11H2,1-2H3. The lowest BCUT2D eigenvalue weighted by Crippen LogP contribution is -2.16. The summed E-state index contributed by atoms with van der Waals surface area (Å²) in [7, 11) is 3.86. The number of benzene rings is 2. The second-order valence-electron chi connectivity index (χ2n) is 4.79. The number of rotatable bonds is 5. The quantitative estimate of drug-likeness (QED) is 0.901. The Morgan fingerprint density at radius 1 is 1.20 bits per heavy atom. The van der Waals surface area contributed by atoms with Gasteiger partial charge in [0.1, 0.15) is 5.82 Å². The van der Waals surface area contributed by atoms with E-state index >= 15 is 0 Å². The molecule has 0 atom stereocenters. The predicted molar refractivity (Wildman–Crippen MR) is 82.7 cm³/mol. The zero-order valence-corrected chi connectivity index (χ0v) is 12.4. The Morgan fingerprint density at radius 2 is 2.00 bits per heavy atom. The van der Waals surface area contributed by atoms with E-state index < -0.39 is 0 Å².